The number of hydrogen-bond acceptors (Lipinski definition) is 4. The normalized spacial score (nSPS) is 26.0. The van der Waals surface area contributed by atoms with Crippen molar-refractivity contribution in [1.82, 2.24) is 9.97 Å². The highest BCUT2D eigenvalue weighted by Crippen LogP contribution is 2.58. The number of nitrogens with one attached hydrogen (secondary N) is 1. The lowest BCUT2D eigenvalue weighted by Gasteiger charge is -2.28. The van der Waals surface area contributed by atoms with Crippen molar-refractivity contribution in [3.63, 3.8) is 0 Å². The number of aromatic nitrogens is 2. The monoisotopic (exact) mass is 356 g/mol. The molecule has 4 rings (SSSR count). The molecular weight excluding hydrogens is 324 g/mol. The maximum atomic E-state index is 13.3. The molecule has 26 heavy (non-hydrogen) atoms. The van der Waals surface area contributed by atoms with Crippen LogP contribution in [0.2, 0.25) is 0 Å². The van der Waals surface area contributed by atoms with Crippen molar-refractivity contribution in [2.75, 3.05) is 10.2 Å². The molecule has 5 heteroatoms. The van der Waals surface area contributed by atoms with Gasteiger partial charge in [-0.25, -0.2) is 4.98 Å². The molecule has 1 amide bonds. The van der Waals surface area contributed by atoms with E-state index in [0.717, 1.165) is 56.3 Å². The molecule has 142 valence electrons. The van der Waals surface area contributed by atoms with Gasteiger partial charge in [0.05, 0.1) is 5.41 Å². The standard InChI is InChI=1S/C21H32N4O/c1-4-7-15(8-5-2)23-20-22-13-16-18(24-20)25(17-10-6-9-14(17)3)19(26)21(16)11-12-21/h13-15,17H,4-12H2,1-3H3,(H,22,23,24). The van der Waals surface area contributed by atoms with Gasteiger partial charge < -0.3 is 5.32 Å². The number of carbonyl (C=O) groups is 1. The molecule has 2 saturated carbocycles. The fourth-order valence-electron chi connectivity index (χ4n) is 5.00. The molecule has 0 bridgehead atoms. The molecule has 0 saturated heterocycles. The van der Waals surface area contributed by atoms with Gasteiger partial charge in [-0.05, 0) is 44.4 Å². The maximum absolute atomic E-state index is 13.3. The molecule has 2 atom stereocenters. The summed E-state index contributed by atoms with van der Waals surface area (Å²) in [5, 5.41) is 3.54. The first-order chi connectivity index (χ1) is 12.6. The van der Waals surface area contributed by atoms with Gasteiger partial charge in [-0.1, -0.05) is 40.0 Å². The predicted octanol–water partition coefficient (Wildman–Crippen LogP) is 4.42. The lowest BCUT2D eigenvalue weighted by Crippen LogP contribution is -2.42. The van der Waals surface area contributed by atoms with Crippen LogP contribution in [0.1, 0.15) is 84.1 Å². The summed E-state index contributed by atoms with van der Waals surface area (Å²) in [5.74, 6) is 2.43. The number of fused-ring (bicyclic) bond motifs is 2. The summed E-state index contributed by atoms with van der Waals surface area (Å²) in [6, 6.07) is 0.722. The summed E-state index contributed by atoms with van der Waals surface area (Å²) in [6.07, 6.45) is 11.9. The van der Waals surface area contributed by atoms with Gasteiger partial charge in [-0.15, -0.1) is 0 Å². The van der Waals surface area contributed by atoms with Crippen LogP contribution in [-0.2, 0) is 10.2 Å². The van der Waals surface area contributed by atoms with Gasteiger partial charge in [0.1, 0.15) is 5.82 Å². The summed E-state index contributed by atoms with van der Waals surface area (Å²) in [6.45, 7) is 6.71. The van der Waals surface area contributed by atoms with Crippen molar-refractivity contribution in [2.24, 2.45) is 5.92 Å². The highest BCUT2D eigenvalue weighted by molar-refractivity contribution is 6.09. The highest BCUT2D eigenvalue weighted by atomic mass is 16.2. The minimum absolute atomic E-state index is 0.288. The molecule has 2 heterocycles. The largest absolute Gasteiger partial charge is 0.351 e. The molecule has 1 N–H and O–H groups in total. The molecule has 3 aliphatic rings. The zero-order valence-electron chi connectivity index (χ0n) is 16.4. The highest BCUT2D eigenvalue weighted by Gasteiger charge is 2.61. The number of hydrogen-bond donors (Lipinski definition) is 1. The molecule has 5 nitrogen and oxygen atoms in total. The van der Waals surface area contributed by atoms with Crippen LogP contribution in [0.4, 0.5) is 11.8 Å². The minimum Gasteiger partial charge on any atom is -0.351 e. The van der Waals surface area contributed by atoms with Crippen molar-refractivity contribution in [3.8, 4) is 0 Å². The first-order valence-electron chi connectivity index (χ1n) is 10.6. The van der Waals surface area contributed by atoms with Crippen LogP contribution < -0.4 is 10.2 Å². The number of amides is 1. The second-order valence-corrected chi connectivity index (χ2v) is 8.58. The van der Waals surface area contributed by atoms with Crippen LogP contribution >= 0.6 is 0 Å². The van der Waals surface area contributed by atoms with Crippen molar-refractivity contribution in [2.45, 2.75) is 96.1 Å². The Kier molecular flexibility index (Phi) is 4.66. The Balaban J connectivity index is 1.64. The van der Waals surface area contributed by atoms with Gasteiger partial charge in [0.25, 0.3) is 0 Å². The number of rotatable bonds is 7. The Morgan fingerprint density at radius 2 is 2.00 bits per heavy atom. The fraction of sp³-hybridized carbons (Fsp3) is 0.762. The average Bonchev–Trinajstić information content (AvgIpc) is 3.27. The van der Waals surface area contributed by atoms with Gasteiger partial charge >= 0.3 is 0 Å². The summed E-state index contributed by atoms with van der Waals surface area (Å²) in [4.78, 5) is 24.8. The maximum Gasteiger partial charge on any atom is 0.239 e. The molecule has 1 aromatic heterocycles. The van der Waals surface area contributed by atoms with Crippen LogP contribution in [0.5, 0.6) is 0 Å². The molecule has 1 aliphatic heterocycles. The quantitative estimate of drug-likeness (QED) is 0.785. The summed E-state index contributed by atoms with van der Waals surface area (Å²) in [7, 11) is 0. The van der Waals surface area contributed by atoms with E-state index >= 15 is 0 Å². The van der Waals surface area contributed by atoms with Gasteiger partial charge in [-0.2, -0.15) is 4.98 Å². The molecular formula is C21H32N4O. The van der Waals surface area contributed by atoms with Gasteiger partial charge in [-0.3, -0.25) is 9.69 Å². The number of nitrogens with zero attached hydrogens (tertiary/aromatic N) is 3. The molecule has 1 spiro atoms. The molecule has 2 unspecified atom stereocenters. The van der Waals surface area contributed by atoms with Crippen molar-refractivity contribution >= 4 is 17.7 Å². The van der Waals surface area contributed by atoms with E-state index in [9.17, 15) is 4.79 Å². The third kappa shape index (κ3) is 2.80. The molecule has 0 radical (unpaired) electrons. The molecule has 1 aromatic rings. The van der Waals surface area contributed by atoms with Crippen molar-refractivity contribution < 1.29 is 4.79 Å². The predicted molar refractivity (Wildman–Crippen MR) is 104 cm³/mol. The van der Waals surface area contributed by atoms with E-state index in [4.69, 9.17) is 4.98 Å². The van der Waals surface area contributed by atoms with E-state index in [1.165, 1.54) is 12.8 Å². The lowest BCUT2D eigenvalue weighted by atomic mass is 10.0. The van der Waals surface area contributed by atoms with E-state index < -0.39 is 0 Å². The Labute approximate surface area is 157 Å². The second-order valence-electron chi connectivity index (χ2n) is 8.58. The summed E-state index contributed by atoms with van der Waals surface area (Å²) < 4.78 is 0. The SMILES string of the molecule is CCCC(CCC)Nc1ncc2c(n1)N(C1CCCC1C)C(=O)C21CC1. The van der Waals surface area contributed by atoms with E-state index in [0.29, 0.717) is 23.9 Å². The Hall–Kier alpha value is -1.65. The molecule has 0 aromatic carbocycles. The van der Waals surface area contributed by atoms with Crippen molar-refractivity contribution in [1.29, 1.82) is 0 Å². The lowest BCUT2D eigenvalue weighted by molar-refractivity contribution is -0.120. The van der Waals surface area contributed by atoms with Gasteiger partial charge in [0.15, 0.2) is 0 Å². The van der Waals surface area contributed by atoms with Crippen molar-refractivity contribution in [3.05, 3.63) is 11.8 Å². The zero-order valence-corrected chi connectivity index (χ0v) is 16.4. The van der Waals surface area contributed by atoms with E-state index in [1.807, 2.05) is 6.20 Å². The number of carbonyl (C=O) groups excluding carboxylic acids is 1. The van der Waals surface area contributed by atoms with Gasteiger partial charge in [0, 0.05) is 23.8 Å². The second kappa shape index (κ2) is 6.82. The van der Waals surface area contributed by atoms with E-state index in [1.54, 1.807) is 0 Å². The van der Waals surface area contributed by atoms with E-state index in [2.05, 4.69) is 36.0 Å². The smallest absolute Gasteiger partial charge is 0.239 e. The average molecular weight is 357 g/mol. The third-order valence-corrected chi connectivity index (χ3v) is 6.65. The first kappa shape index (κ1) is 17.7. The van der Waals surface area contributed by atoms with Gasteiger partial charge in [0.2, 0.25) is 11.9 Å². The topological polar surface area (TPSA) is 58.1 Å². The Bertz CT molecular complexity index is 679. The Morgan fingerprint density at radius 1 is 1.27 bits per heavy atom. The minimum atomic E-state index is -0.289. The Morgan fingerprint density at radius 3 is 2.58 bits per heavy atom. The van der Waals surface area contributed by atoms with Crippen LogP contribution in [0, 0.1) is 5.92 Å². The summed E-state index contributed by atoms with van der Waals surface area (Å²) >= 11 is 0. The van der Waals surface area contributed by atoms with Crippen LogP contribution in [0.15, 0.2) is 6.20 Å². The first-order valence-corrected chi connectivity index (χ1v) is 10.6. The van der Waals surface area contributed by atoms with E-state index in [-0.39, 0.29) is 11.3 Å². The van der Waals surface area contributed by atoms with Crippen LogP contribution in [0.25, 0.3) is 0 Å². The third-order valence-electron chi connectivity index (χ3n) is 6.65. The number of anilines is 2. The molecule has 2 fully saturated rings. The fourth-order valence-corrected chi connectivity index (χ4v) is 5.00. The summed E-state index contributed by atoms with van der Waals surface area (Å²) in [5.41, 5.74) is 0.789. The molecule has 2 aliphatic carbocycles. The van der Waals surface area contributed by atoms with Crippen LogP contribution in [-0.4, -0.2) is 28.0 Å². The zero-order chi connectivity index (χ0) is 18.3. The van der Waals surface area contributed by atoms with Crippen LogP contribution in [0.3, 0.4) is 0 Å².